The second-order valence-corrected chi connectivity index (χ2v) is 6.94. The molecule has 1 fully saturated rings. The van der Waals surface area contributed by atoms with Crippen molar-refractivity contribution < 1.29 is 5.11 Å². The van der Waals surface area contributed by atoms with Gasteiger partial charge in [0.25, 0.3) is 5.56 Å². The van der Waals surface area contributed by atoms with Gasteiger partial charge in [-0.3, -0.25) is 19.3 Å². The zero-order valence-electron chi connectivity index (χ0n) is 14.9. The maximum Gasteiger partial charge on any atom is 0.264 e. The highest BCUT2D eigenvalue weighted by Crippen LogP contribution is 2.21. The molecule has 1 aromatic carbocycles. The van der Waals surface area contributed by atoms with E-state index in [-0.39, 0.29) is 16.2 Å². The van der Waals surface area contributed by atoms with Gasteiger partial charge < -0.3 is 10.0 Å². The van der Waals surface area contributed by atoms with Gasteiger partial charge in [0.05, 0.1) is 12.2 Å². The normalized spacial score (nSPS) is 15.6. The summed E-state index contributed by atoms with van der Waals surface area (Å²) in [4.78, 5) is 21.6. The fraction of sp³-hybridized carbons (Fsp3) is 0.421. The number of nitrogens with zero attached hydrogens (tertiary/aromatic N) is 3. The molecule has 2 N–H and O–H groups in total. The number of aryl methyl sites for hydroxylation is 1. The van der Waals surface area contributed by atoms with E-state index in [1.807, 2.05) is 31.2 Å². The third-order valence-corrected chi connectivity index (χ3v) is 4.98. The maximum atomic E-state index is 12.2. The van der Waals surface area contributed by atoms with Crippen LogP contribution in [0.5, 0.6) is 5.88 Å². The molecule has 0 atom stereocenters. The monoisotopic (exact) mass is 372 g/mol. The summed E-state index contributed by atoms with van der Waals surface area (Å²) in [6, 6.07) is 7.55. The molecule has 1 saturated heterocycles. The highest BCUT2D eigenvalue weighted by molar-refractivity contribution is 7.71. The summed E-state index contributed by atoms with van der Waals surface area (Å²) < 4.78 is 1.63. The summed E-state index contributed by atoms with van der Waals surface area (Å²) in [5.74, 6) is -0.185. The van der Waals surface area contributed by atoms with Gasteiger partial charge in [-0.25, -0.2) is 0 Å². The number of para-hydroxylation sites is 1. The molecule has 0 spiro atoms. The van der Waals surface area contributed by atoms with E-state index < -0.39 is 5.56 Å². The fourth-order valence-electron chi connectivity index (χ4n) is 3.23. The van der Waals surface area contributed by atoms with Crippen LogP contribution in [0, 0.1) is 11.7 Å². The smallest absolute Gasteiger partial charge is 0.264 e. The summed E-state index contributed by atoms with van der Waals surface area (Å²) in [5, 5.41) is 10.7. The molecular formula is C19H24N4O2S. The van der Waals surface area contributed by atoms with Crippen LogP contribution < -0.4 is 5.56 Å². The van der Waals surface area contributed by atoms with Gasteiger partial charge in [-0.2, -0.15) is 0 Å². The van der Waals surface area contributed by atoms with Gasteiger partial charge in [-0.05, 0) is 56.7 Å². The van der Waals surface area contributed by atoms with Crippen molar-refractivity contribution in [2.45, 2.75) is 26.2 Å². The van der Waals surface area contributed by atoms with Gasteiger partial charge >= 0.3 is 0 Å². The first-order valence-corrected chi connectivity index (χ1v) is 9.35. The average Bonchev–Trinajstić information content (AvgIpc) is 2.63. The van der Waals surface area contributed by atoms with Crippen LogP contribution in [0.25, 0.3) is 5.69 Å². The highest BCUT2D eigenvalue weighted by Gasteiger charge is 2.14. The quantitative estimate of drug-likeness (QED) is 0.625. The van der Waals surface area contributed by atoms with E-state index in [1.54, 1.807) is 0 Å². The number of piperidine rings is 1. The van der Waals surface area contributed by atoms with Crippen LogP contribution in [0.3, 0.4) is 0 Å². The van der Waals surface area contributed by atoms with E-state index >= 15 is 0 Å². The number of benzene rings is 1. The number of H-pyrrole nitrogens is 1. The minimum absolute atomic E-state index is 0.125. The van der Waals surface area contributed by atoms with Crippen LogP contribution in [0.2, 0.25) is 0 Å². The third-order valence-electron chi connectivity index (χ3n) is 4.69. The maximum absolute atomic E-state index is 12.2. The Morgan fingerprint density at radius 1 is 1.27 bits per heavy atom. The van der Waals surface area contributed by atoms with Gasteiger partial charge in [0.1, 0.15) is 5.56 Å². The molecule has 6 nitrogen and oxygen atoms in total. The van der Waals surface area contributed by atoms with Crippen LogP contribution in [-0.4, -0.2) is 52.0 Å². The zero-order valence-corrected chi connectivity index (χ0v) is 15.8. The van der Waals surface area contributed by atoms with Crippen LogP contribution in [0.1, 0.15) is 30.4 Å². The molecule has 1 aromatic heterocycles. The molecule has 2 aromatic rings. The van der Waals surface area contributed by atoms with E-state index in [9.17, 15) is 9.90 Å². The molecule has 0 unspecified atom stereocenters. The number of hydrogen-bond acceptors (Lipinski definition) is 5. The zero-order chi connectivity index (χ0) is 18.5. The van der Waals surface area contributed by atoms with E-state index in [1.165, 1.54) is 30.0 Å². The summed E-state index contributed by atoms with van der Waals surface area (Å²) in [5.41, 5.74) is 1.37. The highest BCUT2D eigenvalue weighted by atomic mass is 32.1. The largest absolute Gasteiger partial charge is 0.494 e. The van der Waals surface area contributed by atoms with E-state index in [2.05, 4.69) is 14.9 Å². The first-order chi connectivity index (χ1) is 12.6. The first-order valence-electron chi connectivity index (χ1n) is 8.94. The van der Waals surface area contributed by atoms with Crippen molar-refractivity contribution in [1.29, 1.82) is 0 Å². The van der Waals surface area contributed by atoms with Crippen molar-refractivity contribution >= 4 is 18.4 Å². The summed E-state index contributed by atoms with van der Waals surface area (Å²) >= 11 is 5.25. The van der Waals surface area contributed by atoms with E-state index in [0.29, 0.717) is 6.54 Å². The lowest BCUT2D eigenvalue weighted by atomic mass is 10.1. The SMILES string of the molecule is Cc1ccccc1-n1c(O)c(C=NCCN2CCCCC2)c(=O)[nH]c1=S. The fourth-order valence-corrected chi connectivity index (χ4v) is 3.51. The molecule has 2 heterocycles. The second kappa shape index (κ2) is 8.42. The Balaban J connectivity index is 1.84. The Morgan fingerprint density at radius 2 is 2.00 bits per heavy atom. The first kappa shape index (κ1) is 18.5. The number of rotatable bonds is 5. The standard InChI is InChI=1S/C19H24N4O2S/c1-14-7-3-4-8-16(14)23-18(25)15(17(24)21-19(23)26)13-20-9-12-22-10-5-2-6-11-22/h3-4,7-8,13,25H,2,5-6,9-12H2,1H3,(H,21,24,26). The van der Waals surface area contributed by atoms with Gasteiger partial charge in [0.2, 0.25) is 5.88 Å². The Bertz CT molecular complexity index is 910. The summed E-state index contributed by atoms with van der Waals surface area (Å²) in [7, 11) is 0. The van der Waals surface area contributed by atoms with Crippen molar-refractivity contribution in [3.05, 3.63) is 50.5 Å². The number of nitrogens with one attached hydrogen (secondary N) is 1. The molecule has 0 saturated carbocycles. The summed E-state index contributed by atoms with van der Waals surface area (Å²) in [6.07, 6.45) is 5.22. The third kappa shape index (κ3) is 4.11. The molecule has 0 amide bonds. The summed E-state index contributed by atoms with van der Waals surface area (Å²) in [6.45, 7) is 5.61. The molecule has 0 aliphatic carbocycles. The Kier molecular flexibility index (Phi) is 6.00. The lowest BCUT2D eigenvalue weighted by Gasteiger charge is -2.25. The van der Waals surface area contributed by atoms with Crippen LogP contribution in [0.4, 0.5) is 0 Å². The molecule has 138 valence electrons. The Labute approximate surface area is 157 Å². The number of aliphatic imine (C=N–C) groups is 1. The number of aromatic amines is 1. The molecule has 7 heteroatoms. The number of hydrogen-bond donors (Lipinski definition) is 2. The lowest BCUT2D eigenvalue weighted by Crippen LogP contribution is -2.31. The topological polar surface area (TPSA) is 73.6 Å². The average molecular weight is 372 g/mol. The van der Waals surface area contributed by atoms with Crippen LogP contribution in [-0.2, 0) is 0 Å². The predicted octanol–water partition coefficient (Wildman–Crippen LogP) is 2.81. The Morgan fingerprint density at radius 3 is 2.73 bits per heavy atom. The van der Waals surface area contributed by atoms with Gasteiger partial charge in [-0.15, -0.1) is 0 Å². The van der Waals surface area contributed by atoms with Gasteiger partial charge in [0, 0.05) is 12.8 Å². The molecule has 0 bridgehead atoms. The van der Waals surface area contributed by atoms with E-state index in [0.717, 1.165) is 30.9 Å². The van der Waals surface area contributed by atoms with Crippen molar-refractivity contribution in [3.8, 4) is 11.6 Å². The van der Waals surface area contributed by atoms with Crippen molar-refractivity contribution in [2.24, 2.45) is 4.99 Å². The van der Waals surface area contributed by atoms with E-state index in [4.69, 9.17) is 12.2 Å². The predicted molar refractivity (Wildman–Crippen MR) is 106 cm³/mol. The van der Waals surface area contributed by atoms with Crippen molar-refractivity contribution in [3.63, 3.8) is 0 Å². The lowest BCUT2D eigenvalue weighted by molar-refractivity contribution is 0.235. The van der Waals surface area contributed by atoms with Crippen LogP contribution >= 0.6 is 12.2 Å². The van der Waals surface area contributed by atoms with Crippen LogP contribution in [0.15, 0.2) is 34.1 Å². The van der Waals surface area contributed by atoms with Gasteiger partial charge in [0.15, 0.2) is 4.77 Å². The minimum atomic E-state index is -0.431. The number of likely N-dealkylation sites (tertiary alicyclic amines) is 1. The molecule has 0 radical (unpaired) electrons. The second-order valence-electron chi connectivity index (χ2n) is 6.56. The van der Waals surface area contributed by atoms with Crippen molar-refractivity contribution in [1.82, 2.24) is 14.5 Å². The molecule has 26 heavy (non-hydrogen) atoms. The number of aromatic nitrogens is 2. The molecule has 1 aliphatic heterocycles. The minimum Gasteiger partial charge on any atom is -0.494 e. The Hall–Kier alpha value is -2.25. The van der Waals surface area contributed by atoms with Crippen molar-refractivity contribution in [2.75, 3.05) is 26.2 Å². The van der Waals surface area contributed by atoms with Gasteiger partial charge in [-0.1, -0.05) is 24.6 Å². The molecule has 1 aliphatic rings. The molecular weight excluding hydrogens is 348 g/mol. The number of aromatic hydroxyl groups is 1. The molecule has 3 rings (SSSR count).